The average Bonchev–Trinajstić information content (AvgIpc) is 3.37. The predicted octanol–water partition coefficient (Wildman–Crippen LogP) is 5.02. The second-order valence-electron chi connectivity index (χ2n) is 6.77. The minimum Gasteiger partial charge on any atom is -0.377 e. The number of carbonyl (C=O) groups excluding carboxylic acids is 1. The molecule has 1 saturated carbocycles. The minimum absolute atomic E-state index is 0.0958. The van der Waals surface area contributed by atoms with Crippen LogP contribution in [0.1, 0.15) is 54.7 Å². The summed E-state index contributed by atoms with van der Waals surface area (Å²) in [5, 5.41) is 8.34. The zero-order valence-corrected chi connectivity index (χ0v) is 16.2. The van der Waals surface area contributed by atoms with E-state index in [1.54, 1.807) is 11.3 Å². The molecule has 2 amide bonds. The summed E-state index contributed by atoms with van der Waals surface area (Å²) in [6.07, 6.45) is 4.92. The fraction of sp³-hybridized carbons (Fsp3) is 0.476. The summed E-state index contributed by atoms with van der Waals surface area (Å²) in [5.41, 5.74) is 2.23. The molecule has 3 rings (SSSR count). The Morgan fingerprint density at radius 3 is 2.65 bits per heavy atom. The van der Waals surface area contributed by atoms with E-state index < -0.39 is 0 Å². The van der Waals surface area contributed by atoms with E-state index in [-0.39, 0.29) is 12.1 Å². The fourth-order valence-corrected chi connectivity index (χ4v) is 4.50. The van der Waals surface area contributed by atoms with Gasteiger partial charge >= 0.3 is 6.03 Å². The van der Waals surface area contributed by atoms with Gasteiger partial charge in [0.25, 0.3) is 0 Å². The number of benzene rings is 1. The van der Waals surface area contributed by atoms with Crippen LogP contribution in [0.2, 0.25) is 0 Å². The Labute approximate surface area is 160 Å². The number of urea groups is 1. The maximum Gasteiger partial charge on any atom is 0.315 e. The zero-order chi connectivity index (χ0) is 18.2. The van der Waals surface area contributed by atoms with Crippen molar-refractivity contribution in [3.63, 3.8) is 0 Å². The number of amides is 2. The maximum absolute atomic E-state index is 12.6. The van der Waals surface area contributed by atoms with E-state index in [4.69, 9.17) is 4.74 Å². The van der Waals surface area contributed by atoms with Crippen LogP contribution in [0.15, 0.2) is 41.8 Å². The molecule has 2 aromatic rings. The lowest BCUT2D eigenvalue weighted by Crippen LogP contribution is -2.39. The van der Waals surface area contributed by atoms with Gasteiger partial charge in [0.2, 0.25) is 0 Å². The van der Waals surface area contributed by atoms with Gasteiger partial charge in [0.15, 0.2) is 0 Å². The van der Waals surface area contributed by atoms with Crippen molar-refractivity contribution in [3.05, 3.63) is 57.8 Å². The molecule has 1 unspecified atom stereocenters. The number of rotatable bonds is 8. The Morgan fingerprint density at radius 1 is 1.19 bits per heavy atom. The first-order chi connectivity index (χ1) is 12.8. The van der Waals surface area contributed by atoms with Gasteiger partial charge in [-0.25, -0.2) is 4.79 Å². The lowest BCUT2D eigenvalue weighted by molar-refractivity contribution is 0.133. The highest BCUT2D eigenvalue weighted by Crippen LogP contribution is 2.37. The topological polar surface area (TPSA) is 50.4 Å². The van der Waals surface area contributed by atoms with Gasteiger partial charge in [-0.3, -0.25) is 0 Å². The molecule has 0 radical (unpaired) electrons. The van der Waals surface area contributed by atoms with Crippen molar-refractivity contribution >= 4 is 17.4 Å². The molecule has 1 aliphatic rings. The van der Waals surface area contributed by atoms with Crippen LogP contribution in [0.4, 0.5) is 4.79 Å². The van der Waals surface area contributed by atoms with Gasteiger partial charge in [0.05, 0.1) is 12.6 Å². The molecule has 26 heavy (non-hydrogen) atoms. The van der Waals surface area contributed by atoms with Crippen molar-refractivity contribution in [2.45, 2.75) is 51.8 Å². The van der Waals surface area contributed by atoms with Crippen molar-refractivity contribution < 1.29 is 9.53 Å². The Morgan fingerprint density at radius 2 is 1.96 bits per heavy atom. The Hall–Kier alpha value is -1.85. The molecule has 1 aromatic heterocycles. The standard InChI is InChI=1S/C21H28N2O2S/c1-2-25-15-18-11-6-5-10-17(18)14-22-21(24)23-20(16-8-3-4-9-16)19-12-7-13-26-19/h5-7,10-13,16,20H,2-4,8-9,14-15H2,1H3,(H2,22,23,24). The minimum atomic E-state index is -0.0958. The van der Waals surface area contributed by atoms with E-state index in [2.05, 4.69) is 34.2 Å². The number of thiophene rings is 1. The predicted molar refractivity (Wildman–Crippen MR) is 106 cm³/mol. The highest BCUT2D eigenvalue weighted by Gasteiger charge is 2.28. The monoisotopic (exact) mass is 372 g/mol. The van der Waals surface area contributed by atoms with E-state index in [1.807, 2.05) is 25.1 Å². The first-order valence-electron chi connectivity index (χ1n) is 9.50. The zero-order valence-electron chi connectivity index (χ0n) is 15.4. The third kappa shape index (κ3) is 5.08. The van der Waals surface area contributed by atoms with Crippen molar-refractivity contribution in [2.24, 2.45) is 5.92 Å². The van der Waals surface area contributed by atoms with Crippen LogP contribution in [0, 0.1) is 5.92 Å². The number of hydrogen-bond donors (Lipinski definition) is 2. The van der Waals surface area contributed by atoms with Gasteiger partial charge in [0.1, 0.15) is 0 Å². The van der Waals surface area contributed by atoms with Crippen LogP contribution in [-0.2, 0) is 17.9 Å². The molecule has 1 atom stereocenters. The van der Waals surface area contributed by atoms with E-state index in [1.165, 1.54) is 30.6 Å². The van der Waals surface area contributed by atoms with Gasteiger partial charge in [0, 0.05) is 18.0 Å². The second-order valence-corrected chi connectivity index (χ2v) is 7.75. The molecule has 0 bridgehead atoms. The summed E-state index contributed by atoms with van der Waals surface area (Å²) < 4.78 is 5.52. The van der Waals surface area contributed by atoms with Gasteiger partial charge in [-0.2, -0.15) is 0 Å². The molecule has 1 aromatic carbocycles. The second kappa shape index (κ2) is 9.74. The van der Waals surface area contributed by atoms with Crippen LogP contribution < -0.4 is 10.6 Å². The van der Waals surface area contributed by atoms with Crippen molar-refractivity contribution in [1.29, 1.82) is 0 Å². The average molecular weight is 373 g/mol. The van der Waals surface area contributed by atoms with E-state index in [0.29, 0.717) is 25.7 Å². The normalized spacial score (nSPS) is 15.7. The molecule has 1 heterocycles. The van der Waals surface area contributed by atoms with Crippen LogP contribution in [0.3, 0.4) is 0 Å². The molecule has 0 aliphatic heterocycles. The summed E-state index contributed by atoms with van der Waals surface area (Å²) in [6.45, 7) is 3.76. The third-order valence-corrected chi connectivity index (χ3v) is 5.98. The van der Waals surface area contributed by atoms with Crippen molar-refractivity contribution in [2.75, 3.05) is 6.61 Å². The fourth-order valence-electron chi connectivity index (χ4n) is 3.63. The maximum atomic E-state index is 12.6. The third-order valence-electron chi connectivity index (χ3n) is 5.03. The van der Waals surface area contributed by atoms with E-state index in [0.717, 1.165) is 11.1 Å². The first kappa shape index (κ1) is 18.9. The lowest BCUT2D eigenvalue weighted by atomic mass is 9.97. The lowest BCUT2D eigenvalue weighted by Gasteiger charge is -2.24. The van der Waals surface area contributed by atoms with Gasteiger partial charge in [-0.05, 0) is 48.3 Å². The smallest absolute Gasteiger partial charge is 0.315 e. The highest BCUT2D eigenvalue weighted by molar-refractivity contribution is 7.10. The van der Waals surface area contributed by atoms with Crippen LogP contribution in [-0.4, -0.2) is 12.6 Å². The molecule has 1 fully saturated rings. The van der Waals surface area contributed by atoms with Crippen molar-refractivity contribution in [3.8, 4) is 0 Å². The number of ether oxygens (including phenoxy) is 1. The Balaban J connectivity index is 1.59. The molecule has 1 aliphatic carbocycles. The molecule has 5 heteroatoms. The number of hydrogen-bond acceptors (Lipinski definition) is 3. The van der Waals surface area contributed by atoms with Gasteiger partial charge in [-0.15, -0.1) is 11.3 Å². The molecule has 0 spiro atoms. The van der Waals surface area contributed by atoms with Crippen molar-refractivity contribution in [1.82, 2.24) is 10.6 Å². The molecule has 4 nitrogen and oxygen atoms in total. The quantitative estimate of drug-likeness (QED) is 0.684. The Bertz CT molecular complexity index is 681. The SMILES string of the molecule is CCOCc1ccccc1CNC(=O)NC(c1cccs1)C1CCCC1. The first-order valence-corrected chi connectivity index (χ1v) is 10.4. The number of nitrogens with one attached hydrogen (secondary N) is 2. The van der Waals surface area contributed by atoms with Gasteiger partial charge in [-0.1, -0.05) is 43.2 Å². The van der Waals surface area contributed by atoms with Crippen LogP contribution in [0.25, 0.3) is 0 Å². The largest absolute Gasteiger partial charge is 0.377 e. The summed E-state index contributed by atoms with van der Waals surface area (Å²) >= 11 is 1.73. The molecular weight excluding hydrogens is 344 g/mol. The molecular formula is C21H28N2O2S. The van der Waals surface area contributed by atoms with Crippen LogP contribution >= 0.6 is 11.3 Å². The summed E-state index contributed by atoms with van der Waals surface area (Å²) in [4.78, 5) is 13.8. The van der Waals surface area contributed by atoms with Gasteiger partial charge < -0.3 is 15.4 Å². The van der Waals surface area contributed by atoms with E-state index >= 15 is 0 Å². The Kier molecular flexibility index (Phi) is 7.09. The molecule has 140 valence electrons. The highest BCUT2D eigenvalue weighted by atomic mass is 32.1. The molecule has 0 saturated heterocycles. The summed E-state index contributed by atoms with van der Waals surface area (Å²) in [6, 6.07) is 12.3. The molecule has 2 N–H and O–H groups in total. The van der Waals surface area contributed by atoms with Crippen LogP contribution in [0.5, 0.6) is 0 Å². The summed E-state index contributed by atoms with van der Waals surface area (Å²) in [7, 11) is 0. The summed E-state index contributed by atoms with van der Waals surface area (Å²) in [5.74, 6) is 0.546. The number of carbonyl (C=O) groups is 1. The van der Waals surface area contributed by atoms with E-state index in [9.17, 15) is 4.79 Å².